The molecule has 10 heteroatoms. The summed E-state index contributed by atoms with van der Waals surface area (Å²) >= 11 is 0. The Balaban J connectivity index is 1.79. The molecule has 1 aliphatic heterocycles. The van der Waals surface area contributed by atoms with E-state index in [-0.39, 0.29) is 25.0 Å². The molecule has 0 aromatic heterocycles. The van der Waals surface area contributed by atoms with E-state index < -0.39 is 37.3 Å². The van der Waals surface area contributed by atoms with Gasteiger partial charge in [-0.05, 0) is 57.2 Å². The molecule has 0 aliphatic carbocycles. The molecule has 0 radical (unpaired) electrons. The first-order valence-corrected chi connectivity index (χ1v) is 14.3. The topological polar surface area (TPSA) is 145 Å². The Morgan fingerprint density at radius 3 is 2.35 bits per heavy atom. The summed E-state index contributed by atoms with van der Waals surface area (Å²) in [5, 5.41) is 2.96. The van der Waals surface area contributed by atoms with E-state index in [1.165, 1.54) is 0 Å². The molecule has 2 aromatic carbocycles. The molecule has 9 nitrogen and oxygen atoms in total. The molecule has 3 rings (SSSR count). The third kappa shape index (κ3) is 8.98. The predicted octanol–water partition coefficient (Wildman–Crippen LogP) is 3.39. The van der Waals surface area contributed by atoms with Gasteiger partial charge in [-0.3, -0.25) is 13.9 Å². The van der Waals surface area contributed by atoms with Gasteiger partial charge in [0.05, 0.1) is 5.66 Å². The quantitative estimate of drug-likeness (QED) is 0.110. The molecule has 0 saturated carbocycles. The highest BCUT2D eigenvalue weighted by Crippen LogP contribution is 2.52. The maximum absolute atomic E-state index is 13.6. The van der Waals surface area contributed by atoms with E-state index in [2.05, 4.69) is 5.32 Å². The van der Waals surface area contributed by atoms with Gasteiger partial charge >= 0.3 is 19.5 Å². The van der Waals surface area contributed by atoms with E-state index in [0.717, 1.165) is 12.0 Å². The van der Waals surface area contributed by atoms with E-state index in [1.54, 1.807) is 54.6 Å². The zero-order chi connectivity index (χ0) is 26.7. The molecule has 3 unspecified atom stereocenters. The number of benzene rings is 2. The predicted molar refractivity (Wildman–Crippen MR) is 139 cm³/mol. The Morgan fingerprint density at radius 1 is 1.05 bits per heavy atom. The summed E-state index contributed by atoms with van der Waals surface area (Å²) in [5.74, 6) is -2.07. The van der Waals surface area contributed by atoms with Crippen LogP contribution in [0.15, 0.2) is 60.7 Å². The van der Waals surface area contributed by atoms with Crippen LogP contribution in [0.4, 0.5) is 0 Å². The number of unbranched alkanes of at least 4 members (excludes halogenated alkanes) is 1. The smallest absolute Gasteiger partial charge is 0.343 e. The van der Waals surface area contributed by atoms with Crippen LogP contribution < -0.4 is 11.1 Å². The maximum Gasteiger partial charge on any atom is 0.343 e. The van der Waals surface area contributed by atoms with Crippen LogP contribution in [0.3, 0.4) is 0 Å². The fraction of sp³-hybridized carbons (Fsp3) is 0.444. The lowest BCUT2D eigenvalue weighted by molar-refractivity contribution is -0.166. The number of carbonyl (C=O) groups excluding carboxylic acids is 3. The monoisotopic (exact) mass is 530 g/mol. The average Bonchev–Trinajstić information content (AvgIpc) is 3.44. The van der Waals surface area contributed by atoms with Crippen molar-refractivity contribution in [3.05, 3.63) is 71.8 Å². The standard InChI is InChI=1S/C27H35N2O7P/c28-16-8-7-15-25(27(32)35-26(31)23-14-9-17-29-23)36-37(33,34)22(18-20-10-3-1-4-11-20)19-24(30)21-12-5-2-6-13-21/h1-6,10-13,22-23,25,29H,7-9,14-19,28H2,(H,33,34)/t22?,23-,25?/m0/s1. The first kappa shape index (κ1) is 28.9. The lowest BCUT2D eigenvalue weighted by Crippen LogP contribution is -2.37. The second-order valence-corrected chi connectivity index (χ2v) is 11.2. The Labute approximate surface area is 217 Å². The Morgan fingerprint density at radius 2 is 1.73 bits per heavy atom. The fourth-order valence-corrected chi connectivity index (χ4v) is 5.79. The number of ketones is 1. The minimum Gasteiger partial charge on any atom is -0.390 e. The number of ether oxygens (including phenoxy) is 1. The van der Waals surface area contributed by atoms with E-state index in [0.29, 0.717) is 37.9 Å². The van der Waals surface area contributed by atoms with Crippen LogP contribution in [-0.2, 0) is 29.8 Å². The number of hydrogen-bond donors (Lipinski definition) is 3. The number of hydrogen-bond acceptors (Lipinski definition) is 8. The zero-order valence-electron chi connectivity index (χ0n) is 20.8. The molecule has 37 heavy (non-hydrogen) atoms. The van der Waals surface area contributed by atoms with Crippen molar-refractivity contribution >= 4 is 25.3 Å². The molecule has 1 fully saturated rings. The average molecular weight is 531 g/mol. The van der Waals surface area contributed by atoms with Gasteiger partial charge in [0.15, 0.2) is 11.9 Å². The van der Waals surface area contributed by atoms with Crippen molar-refractivity contribution in [2.24, 2.45) is 5.73 Å². The van der Waals surface area contributed by atoms with Gasteiger partial charge in [0.25, 0.3) is 0 Å². The lowest BCUT2D eigenvalue weighted by atomic mass is 10.0. The first-order valence-electron chi connectivity index (χ1n) is 12.6. The van der Waals surface area contributed by atoms with Crippen molar-refractivity contribution in [2.45, 2.75) is 62.8 Å². The Kier molecular flexibility index (Phi) is 11.2. The van der Waals surface area contributed by atoms with Crippen LogP contribution in [-0.4, -0.2) is 53.5 Å². The highest BCUT2D eigenvalue weighted by atomic mass is 31.2. The summed E-state index contributed by atoms with van der Waals surface area (Å²) in [7, 11) is -4.55. The van der Waals surface area contributed by atoms with Gasteiger partial charge in [0, 0.05) is 12.0 Å². The fourth-order valence-electron chi connectivity index (χ4n) is 4.22. The first-order chi connectivity index (χ1) is 17.8. The van der Waals surface area contributed by atoms with Crippen LogP contribution in [0.1, 0.15) is 54.4 Å². The van der Waals surface area contributed by atoms with Gasteiger partial charge in [-0.1, -0.05) is 60.7 Å². The van der Waals surface area contributed by atoms with Crippen LogP contribution in [0.2, 0.25) is 0 Å². The Bertz CT molecular complexity index is 1070. The third-order valence-electron chi connectivity index (χ3n) is 6.30. The molecule has 0 bridgehead atoms. The normalized spacial score (nSPS) is 18.5. The van der Waals surface area contributed by atoms with Crippen molar-refractivity contribution in [2.75, 3.05) is 13.1 Å². The third-order valence-corrected chi connectivity index (χ3v) is 8.14. The molecule has 1 aliphatic rings. The highest BCUT2D eigenvalue weighted by Gasteiger charge is 2.40. The molecule has 4 N–H and O–H groups in total. The SMILES string of the molecule is NCCCCC(OP(=O)(O)C(CC(=O)c1ccccc1)Cc1ccccc1)C(=O)OC(=O)[C@@H]1CCCN1. The van der Waals surface area contributed by atoms with Crippen molar-refractivity contribution in [3.63, 3.8) is 0 Å². The number of nitrogens with one attached hydrogen (secondary N) is 1. The van der Waals surface area contributed by atoms with Gasteiger partial charge in [-0.25, -0.2) is 9.59 Å². The van der Waals surface area contributed by atoms with Gasteiger partial charge < -0.3 is 20.7 Å². The zero-order valence-corrected chi connectivity index (χ0v) is 21.7. The second kappa shape index (κ2) is 14.3. The van der Waals surface area contributed by atoms with Crippen LogP contribution in [0, 0.1) is 0 Å². The van der Waals surface area contributed by atoms with Gasteiger partial charge in [-0.2, -0.15) is 0 Å². The van der Waals surface area contributed by atoms with Crippen molar-refractivity contribution in [1.29, 1.82) is 0 Å². The second-order valence-electron chi connectivity index (χ2n) is 9.17. The molecular formula is C27H35N2O7P. The maximum atomic E-state index is 13.6. The number of nitrogens with two attached hydrogens (primary N) is 1. The van der Waals surface area contributed by atoms with Crippen molar-refractivity contribution < 1.29 is 33.1 Å². The van der Waals surface area contributed by atoms with E-state index >= 15 is 0 Å². The summed E-state index contributed by atoms with van der Waals surface area (Å²) in [4.78, 5) is 49.3. The van der Waals surface area contributed by atoms with Crippen LogP contribution >= 0.6 is 7.60 Å². The molecule has 200 valence electrons. The Hall–Kier alpha value is -2.68. The summed E-state index contributed by atoms with van der Waals surface area (Å²) in [6.45, 7) is 1.01. The highest BCUT2D eigenvalue weighted by molar-refractivity contribution is 7.53. The van der Waals surface area contributed by atoms with Gasteiger partial charge in [0.2, 0.25) is 0 Å². The number of esters is 2. The van der Waals surface area contributed by atoms with Crippen molar-refractivity contribution in [1.82, 2.24) is 5.32 Å². The lowest BCUT2D eigenvalue weighted by Gasteiger charge is -2.26. The summed E-state index contributed by atoms with van der Waals surface area (Å²) in [6.07, 6.45) is 0.746. The van der Waals surface area contributed by atoms with E-state index in [9.17, 15) is 23.8 Å². The summed E-state index contributed by atoms with van der Waals surface area (Å²) in [5.41, 5.74) is 5.61. The van der Waals surface area contributed by atoms with E-state index in [4.69, 9.17) is 15.0 Å². The number of rotatable bonds is 14. The molecular weight excluding hydrogens is 495 g/mol. The van der Waals surface area contributed by atoms with E-state index in [1.807, 2.05) is 6.07 Å². The van der Waals surface area contributed by atoms with Gasteiger partial charge in [0.1, 0.15) is 6.04 Å². The molecule has 0 amide bonds. The molecule has 2 aromatic rings. The minimum absolute atomic E-state index is 0.0522. The van der Waals surface area contributed by atoms with Crippen molar-refractivity contribution in [3.8, 4) is 0 Å². The van der Waals surface area contributed by atoms with Crippen LogP contribution in [0.25, 0.3) is 0 Å². The summed E-state index contributed by atoms with van der Waals surface area (Å²) in [6, 6.07) is 16.9. The molecule has 1 heterocycles. The van der Waals surface area contributed by atoms with Gasteiger partial charge in [-0.15, -0.1) is 0 Å². The molecule has 0 spiro atoms. The number of Topliss-reactive ketones (excluding diaryl/α,β-unsaturated/α-hetero) is 1. The molecule has 1 saturated heterocycles. The largest absolute Gasteiger partial charge is 0.390 e. The van der Waals surface area contributed by atoms with Crippen LogP contribution in [0.5, 0.6) is 0 Å². The minimum atomic E-state index is -4.55. The molecule has 4 atom stereocenters. The summed E-state index contributed by atoms with van der Waals surface area (Å²) < 4.78 is 24.2. The number of carbonyl (C=O) groups is 3.